The van der Waals surface area contributed by atoms with Crippen molar-refractivity contribution in [1.82, 2.24) is 5.32 Å². The first-order valence-electron chi connectivity index (χ1n) is 7.38. The highest BCUT2D eigenvalue weighted by Gasteiger charge is 2.04. The summed E-state index contributed by atoms with van der Waals surface area (Å²) in [5.74, 6) is 0.751. The zero-order valence-corrected chi connectivity index (χ0v) is 13.4. The number of ether oxygens (including phenoxy) is 1. The molecule has 1 N–H and O–H groups in total. The van der Waals surface area contributed by atoms with Crippen LogP contribution in [0.1, 0.15) is 20.3 Å². The molecule has 2 aromatic rings. The van der Waals surface area contributed by atoms with Crippen LogP contribution in [-0.4, -0.2) is 19.2 Å². The Balaban J connectivity index is 1.91. The maximum atomic E-state index is 6.30. The lowest BCUT2D eigenvalue weighted by Gasteiger charge is -2.11. The minimum absolute atomic E-state index is 0.513. The molecule has 112 valence electrons. The van der Waals surface area contributed by atoms with Crippen LogP contribution in [0.25, 0.3) is 11.1 Å². The molecule has 3 heteroatoms. The Labute approximate surface area is 132 Å². The first-order valence-corrected chi connectivity index (χ1v) is 7.76. The van der Waals surface area contributed by atoms with E-state index in [9.17, 15) is 0 Å². The second kappa shape index (κ2) is 8.06. The Morgan fingerprint density at radius 3 is 2.48 bits per heavy atom. The number of hydrogen-bond donors (Lipinski definition) is 1. The fourth-order valence-corrected chi connectivity index (χ4v) is 2.31. The Morgan fingerprint density at radius 1 is 1.05 bits per heavy atom. The molecule has 0 bridgehead atoms. The van der Waals surface area contributed by atoms with Crippen LogP contribution in [0.15, 0.2) is 48.5 Å². The van der Waals surface area contributed by atoms with Crippen molar-refractivity contribution in [2.24, 2.45) is 0 Å². The molecular formula is C18H22ClNO. The standard InChI is InChI=1S/C18H22ClNO/c1-14(2)20-11-6-12-21-18-10-9-16(13-17(18)19)15-7-4-3-5-8-15/h3-5,7-10,13-14,20H,6,11-12H2,1-2H3. The second-order valence-electron chi connectivity index (χ2n) is 5.32. The fraction of sp³-hybridized carbons (Fsp3) is 0.333. The van der Waals surface area contributed by atoms with Crippen LogP contribution in [-0.2, 0) is 0 Å². The van der Waals surface area contributed by atoms with Gasteiger partial charge in [-0.3, -0.25) is 0 Å². The van der Waals surface area contributed by atoms with E-state index in [1.165, 1.54) is 0 Å². The van der Waals surface area contributed by atoms with Crippen molar-refractivity contribution >= 4 is 11.6 Å². The largest absolute Gasteiger partial charge is 0.492 e. The molecule has 21 heavy (non-hydrogen) atoms. The highest BCUT2D eigenvalue weighted by Crippen LogP contribution is 2.30. The molecule has 0 spiro atoms. The van der Waals surface area contributed by atoms with Gasteiger partial charge in [-0.15, -0.1) is 0 Å². The first kappa shape index (κ1) is 15.9. The average Bonchev–Trinajstić information content (AvgIpc) is 2.49. The Hall–Kier alpha value is -1.51. The molecule has 0 radical (unpaired) electrons. The Morgan fingerprint density at radius 2 is 1.81 bits per heavy atom. The molecule has 0 amide bonds. The van der Waals surface area contributed by atoms with Crippen LogP contribution in [0, 0.1) is 0 Å². The molecular weight excluding hydrogens is 282 g/mol. The van der Waals surface area contributed by atoms with Crippen LogP contribution in [0.4, 0.5) is 0 Å². The van der Waals surface area contributed by atoms with Gasteiger partial charge in [-0.05, 0) is 36.2 Å². The summed E-state index contributed by atoms with van der Waals surface area (Å²) in [7, 11) is 0. The topological polar surface area (TPSA) is 21.3 Å². The lowest BCUT2D eigenvalue weighted by Crippen LogP contribution is -2.24. The molecule has 0 aliphatic rings. The number of rotatable bonds is 7. The Bertz CT molecular complexity index is 554. The molecule has 0 atom stereocenters. The van der Waals surface area contributed by atoms with Crippen molar-refractivity contribution in [2.45, 2.75) is 26.3 Å². The summed E-state index contributed by atoms with van der Waals surface area (Å²) in [5.41, 5.74) is 2.27. The SMILES string of the molecule is CC(C)NCCCOc1ccc(-c2ccccc2)cc1Cl. The van der Waals surface area contributed by atoms with Gasteiger partial charge in [0.25, 0.3) is 0 Å². The summed E-state index contributed by atoms with van der Waals surface area (Å²) < 4.78 is 5.74. The summed E-state index contributed by atoms with van der Waals surface area (Å²) in [4.78, 5) is 0. The Kier molecular flexibility index (Phi) is 6.09. The van der Waals surface area contributed by atoms with Gasteiger partial charge < -0.3 is 10.1 Å². The van der Waals surface area contributed by atoms with Crippen molar-refractivity contribution in [1.29, 1.82) is 0 Å². The van der Waals surface area contributed by atoms with Crippen LogP contribution in [0.5, 0.6) is 5.75 Å². The van der Waals surface area contributed by atoms with Crippen molar-refractivity contribution in [3.63, 3.8) is 0 Å². The summed E-state index contributed by atoms with van der Waals surface area (Å²) in [5, 5.41) is 4.02. The van der Waals surface area contributed by atoms with Crippen molar-refractivity contribution in [3.05, 3.63) is 53.6 Å². The number of hydrogen-bond acceptors (Lipinski definition) is 2. The number of benzene rings is 2. The summed E-state index contributed by atoms with van der Waals surface area (Å²) in [6, 6.07) is 16.7. The zero-order valence-electron chi connectivity index (χ0n) is 12.6. The van der Waals surface area contributed by atoms with Gasteiger partial charge >= 0.3 is 0 Å². The van der Waals surface area contributed by atoms with E-state index < -0.39 is 0 Å². The highest BCUT2D eigenvalue weighted by atomic mass is 35.5. The van der Waals surface area contributed by atoms with Gasteiger partial charge in [0, 0.05) is 6.04 Å². The van der Waals surface area contributed by atoms with E-state index >= 15 is 0 Å². The van der Waals surface area contributed by atoms with Gasteiger partial charge in [0.2, 0.25) is 0 Å². The second-order valence-corrected chi connectivity index (χ2v) is 5.73. The molecule has 0 heterocycles. The molecule has 2 rings (SSSR count). The molecule has 0 fully saturated rings. The monoisotopic (exact) mass is 303 g/mol. The van der Waals surface area contributed by atoms with Crippen molar-refractivity contribution in [2.75, 3.05) is 13.2 Å². The minimum Gasteiger partial charge on any atom is -0.492 e. The van der Waals surface area contributed by atoms with Crippen molar-refractivity contribution in [3.8, 4) is 16.9 Å². The average molecular weight is 304 g/mol. The van der Waals surface area contributed by atoms with Gasteiger partial charge in [-0.1, -0.05) is 61.8 Å². The lowest BCUT2D eigenvalue weighted by molar-refractivity contribution is 0.306. The summed E-state index contributed by atoms with van der Waals surface area (Å²) in [6.07, 6.45) is 0.967. The van der Waals surface area contributed by atoms with Gasteiger partial charge in [0.1, 0.15) is 5.75 Å². The van der Waals surface area contributed by atoms with Crippen LogP contribution < -0.4 is 10.1 Å². The zero-order chi connectivity index (χ0) is 15.1. The molecule has 0 aliphatic carbocycles. The van der Waals surface area contributed by atoms with Gasteiger partial charge in [-0.25, -0.2) is 0 Å². The van der Waals surface area contributed by atoms with Gasteiger partial charge in [-0.2, -0.15) is 0 Å². The van der Waals surface area contributed by atoms with E-state index in [2.05, 4.69) is 31.3 Å². The van der Waals surface area contributed by atoms with Crippen LogP contribution in [0.3, 0.4) is 0 Å². The molecule has 2 nitrogen and oxygen atoms in total. The summed E-state index contributed by atoms with van der Waals surface area (Å²) >= 11 is 6.30. The maximum Gasteiger partial charge on any atom is 0.137 e. The molecule has 0 aromatic heterocycles. The molecule has 2 aromatic carbocycles. The van der Waals surface area contributed by atoms with Crippen LogP contribution >= 0.6 is 11.6 Å². The third kappa shape index (κ3) is 5.07. The molecule has 0 unspecified atom stereocenters. The lowest BCUT2D eigenvalue weighted by atomic mass is 10.1. The molecule has 0 saturated carbocycles. The fourth-order valence-electron chi connectivity index (χ4n) is 2.07. The van der Waals surface area contributed by atoms with E-state index in [-0.39, 0.29) is 0 Å². The van der Waals surface area contributed by atoms with E-state index in [0.29, 0.717) is 17.7 Å². The van der Waals surface area contributed by atoms with Crippen LogP contribution in [0.2, 0.25) is 5.02 Å². The van der Waals surface area contributed by atoms with Crippen molar-refractivity contribution < 1.29 is 4.74 Å². The predicted octanol–water partition coefficient (Wildman–Crippen LogP) is 4.77. The van der Waals surface area contributed by atoms with Gasteiger partial charge in [0.15, 0.2) is 0 Å². The summed E-state index contributed by atoms with van der Waals surface area (Å²) in [6.45, 7) is 5.90. The minimum atomic E-state index is 0.513. The van der Waals surface area contributed by atoms with E-state index in [1.54, 1.807) is 0 Å². The van der Waals surface area contributed by atoms with E-state index in [1.807, 2.05) is 36.4 Å². The van der Waals surface area contributed by atoms with E-state index in [0.717, 1.165) is 29.8 Å². The molecule has 0 saturated heterocycles. The number of nitrogens with one attached hydrogen (secondary N) is 1. The third-order valence-electron chi connectivity index (χ3n) is 3.17. The quantitative estimate of drug-likeness (QED) is 0.744. The highest BCUT2D eigenvalue weighted by molar-refractivity contribution is 6.32. The molecule has 0 aliphatic heterocycles. The maximum absolute atomic E-state index is 6.30. The smallest absolute Gasteiger partial charge is 0.137 e. The first-order chi connectivity index (χ1) is 10.2. The van der Waals surface area contributed by atoms with E-state index in [4.69, 9.17) is 16.3 Å². The number of halogens is 1. The predicted molar refractivity (Wildman–Crippen MR) is 90.1 cm³/mol. The third-order valence-corrected chi connectivity index (χ3v) is 3.47. The van der Waals surface area contributed by atoms with Gasteiger partial charge in [0.05, 0.1) is 11.6 Å². The normalized spacial score (nSPS) is 10.9.